The highest BCUT2D eigenvalue weighted by Gasteiger charge is 2.15. The second kappa shape index (κ2) is 8.94. The van der Waals surface area contributed by atoms with E-state index in [0.717, 1.165) is 17.7 Å². The molecule has 1 heterocycles. The fourth-order valence-electron chi connectivity index (χ4n) is 2.89. The summed E-state index contributed by atoms with van der Waals surface area (Å²) in [5.74, 6) is 0.417. The lowest BCUT2D eigenvalue weighted by atomic mass is 10.1. The van der Waals surface area contributed by atoms with Gasteiger partial charge in [0.2, 0.25) is 5.95 Å². The van der Waals surface area contributed by atoms with Gasteiger partial charge in [0.05, 0.1) is 5.56 Å². The summed E-state index contributed by atoms with van der Waals surface area (Å²) in [5.41, 5.74) is 3.77. The number of carbonyl (C=O) groups excluding carboxylic acids is 1. The SMILES string of the molecule is CCc1ccccc1Nc1ncc(C(=O)N(CC)Cc2ccccc2)cn1. The maximum absolute atomic E-state index is 12.8. The number of hydrogen-bond donors (Lipinski definition) is 1. The van der Waals surface area contributed by atoms with Crippen molar-refractivity contribution in [2.45, 2.75) is 26.8 Å². The molecule has 1 amide bonds. The molecule has 0 atom stereocenters. The molecule has 27 heavy (non-hydrogen) atoms. The molecule has 0 aliphatic carbocycles. The number of amides is 1. The lowest BCUT2D eigenvalue weighted by molar-refractivity contribution is 0.0752. The number of rotatable bonds is 7. The van der Waals surface area contributed by atoms with Crippen molar-refractivity contribution >= 4 is 17.5 Å². The highest BCUT2D eigenvalue weighted by atomic mass is 16.2. The molecule has 0 saturated carbocycles. The van der Waals surface area contributed by atoms with Gasteiger partial charge in [-0.15, -0.1) is 0 Å². The van der Waals surface area contributed by atoms with Gasteiger partial charge in [-0.25, -0.2) is 9.97 Å². The number of nitrogens with zero attached hydrogens (tertiary/aromatic N) is 3. The average molecular weight is 360 g/mol. The minimum atomic E-state index is -0.0677. The lowest BCUT2D eigenvalue weighted by Gasteiger charge is -2.21. The van der Waals surface area contributed by atoms with Crippen molar-refractivity contribution in [2.75, 3.05) is 11.9 Å². The fourth-order valence-corrected chi connectivity index (χ4v) is 2.89. The molecule has 5 nitrogen and oxygen atoms in total. The Kier molecular flexibility index (Phi) is 6.15. The summed E-state index contributed by atoms with van der Waals surface area (Å²) in [6.45, 7) is 5.27. The van der Waals surface area contributed by atoms with Crippen molar-refractivity contribution in [1.82, 2.24) is 14.9 Å². The van der Waals surface area contributed by atoms with Gasteiger partial charge < -0.3 is 10.2 Å². The Morgan fingerprint density at radius 3 is 2.30 bits per heavy atom. The van der Waals surface area contributed by atoms with Gasteiger partial charge >= 0.3 is 0 Å². The van der Waals surface area contributed by atoms with Crippen molar-refractivity contribution < 1.29 is 4.79 Å². The zero-order valence-electron chi connectivity index (χ0n) is 15.7. The summed E-state index contributed by atoms with van der Waals surface area (Å²) < 4.78 is 0. The highest BCUT2D eigenvalue weighted by Crippen LogP contribution is 2.19. The van der Waals surface area contributed by atoms with Gasteiger partial charge in [-0.2, -0.15) is 0 Å². The fraction of sp³-hybridized carbons (Fsp3) is 0.227. The van der Waals surface area contributed by atoms with Gasteiger partial charge in [0.1, 0.15) is 0 Å². The topological polar surface area (TPSA) is 58.1 Å². The normalized spacial score (nSPS) is 10.4. The van der Waals surface area contributed by atoms with E-state index < -0.39 is 0 Å². The van der Waals surface area contributed by atoms with E-state index in [1.807, 2.05) is 55.5 Å². The van der Waals surface area contributed by atoms with Crippen LogP contribution in [-0.4, -0.2) is 27.3 Å². The molecule has 0 spiro atoms. The number of aryl methyl sites for hydroxylation is 1. The number of nitrogens with one attached hydrogen (secondary N) is 1. The van der Waals surface area contributed by atoms with Gasteiger partial charge in [0, 0.05) is 31.2 Å². The standard InChI is InChI=1S/C22H24N4O/c1-3-18-12-8-9-13-20(18)25-22-23-14-19(15-24-22)21(27)26(4-2)16-17-10-6-5-7-11-17/h5-15H,3-4,16H2,1-2H3,(H,23,24,25). The molecule has 3 aromatic rings. The maximum Gasteiger partial charge on any atom is 0.257 e. The molecule has 0 radical (unpaired) electrons. The van der Waals surface area contributed by atoms with Crippen LogP contribution in [0.1, 0.15) is 35.3 Å². The van der Waals surface area contributed by atoms with Crippen LogP contribution >= 0.6 is 0 Å². The predicted octanol–water partition coefficient (Wildman–Crippen LogP) is 4.44. The molecule has 1 aromatic heterocycles. The monoisotopic (exact) mass is 360 g/mol. The zero-order chi connectivity index (χ0) is 19.1. The Morgan fingerprint density at radius 2 is 1.63 bits per heavy atom. The molecule has 1 N–H and O–H groups in total. The van der Waals surface area contributed by atoms with E-state index in [9.17, 15) is 4.79 Å². The lowest BCUT2D eigenvalue weighted by Crippen LogP contribution is -2.30. The number of aromatic nitrogens is 2. The van der Waals surface area contributed by atoms with Gasteiger partial charge in [0.25, 0.3) is 5.91 Å². The van der Waals surface area contributed by atoms with Gasteiger partial charge in [-0.3, -0.25) is 4.79 Å². The summed E-state index contributed by atoms with van der Waals surface area (Å²) in [6, 6.07) is 18.0. The van der Waals surface area contributed by atoms with E-state index in [1.54, 1.807) is 17.3 Å². The smallest absolute Gasteiger partial charge is 0.257 e. The summed E-state index contributed by atoms with van der Waals surface area (Å²) >= 11 is 0. The first-order chi connectivity index (χ1) is 13.2. The molecule has 138 valence electrons. The van der Waals surface area contributed by atoms with E-state index in [2.05, 4.69) is 28.3 Å². The Bertz CT molecular complexity index is 878. The number of benzene rings is 2. The van der Waals surface area contributed by atoms with E-state index in [1.165, 1.54) is 5.56 Å². The average Bonchev–Trinajstić information content (AvgIpc) is 2.73. The Balaban J connectivity index is 1.71. The van der Waals surface area contributed by atoms with E-state index in [4.69, 9.17) is 0 Å². The van der Waals surface area contributed by atoms with Crippen molar-refractivity contribution in [3.63, 3.8) is 0 Å². The van der Waals surface area contributed by atoms with Crippen molar-refractivity contribution in [3.05, 3.63) is 83.7 Å². The van der Waals surface area contributed by atoms with Gasteiger partial charge in [0.15, 0.2) is 0 Å². The molecule has 0 bridgehead atoms. The molecule has 0 aliphatic heterocycles. The zero-order valence-corrected chi connectivity index (χ0v) is 15.7. The molecular formula is C22H24N4O. The molecule has 0 unspecified atom stereocenters. The van der Waals surface area contributed by atoms with Crippen LogP contribution < -0.4 is 5.32 Å². The van der Waals surface area contributed by atoms with Crippen LogP contribution in [-0.2, 0) is 13.0 Å². The van der Waals surface area contributed by atoms with Crippen LogP contribution in [0.25, 0.3) is 0 Å². The minimum absolute atomic E-state index is 0.0677. The number of para-hydroxylation sites is 1. The van der Waals surface area contributed by atoms with Crippen LogP contribution in [0.15, 0.2) is 67.0 Å². The number of hydrogen-bond acceptors (Lipinski definition) is 4. The second-order valence-corrected chi connectivity index (χ2v) is 6.24. The van der Waals surface area contributed by atoms with Gasteiger partial charge in [-0.05, 0) is 30.5 Å². The number of carbonyl (C=O) groups is 1. The first kappa shape index (κ1) is 18.6. The molecule has 0 saturated heterocycles. The van der Waals surface area contributed by atoms with E-state index >= 15 is 0 Å². The third-order valence-corrected chi connectivity index (χ3v) is 4.43. The quantitative estimate of drug-likeness (QED) is 0.676. The first-order valence-corrected chi connectivity index (χ1v) is 9.21. The maximum atomic E-state index is 12.8. The van der Waals surface area contributed by atoms with Crippen LogP contribution in [0, 0.1) is 0 Å². The van der Waals surface area contributed by atoms with Crippen LogP contribution in [0.4, 0.5) is 11.6 Å². The summed E-state index contributed by atoms with van der Waals surface area (Å²) in [4.78, 5) is 23.2. The van der Waals surface area contributed by atoms with Crippen molar-refractivity contribution in [3.8, 4) is 0 Å². The molecule has 2 aromatic carbocycles. The number of anilines is 2. The molecule has 0 aliphatic rings. The molecular weight excluding hydrogens is 336 g/mol. The molecule has 0 fully saturated rings. The Hall–Kier alpha value is -3.21. The highest BCUT2D eigenvalue weighted by molar-refractivity contribution is 5.93. The Morgan fingerprint density at radius 1 is 0.963 bits per heavy atom. The summed E-state index contributed by atoms with van der Waals surface area (Å²) in [6.07, 6.45) is 4.09. The van der Waals surface area contributed by atoms with Gasteiger partial charge in [-0.1, -0.05) is 55.5 Å². The van der Waals surface area contributed by atoms with Crippen LogP contribution in [0.3, 0.4) is 0 Å². The third kappa shape index (κ3) is 4.70. The minimum Gasteiger partial charge on any atom is -0.335 e. The van der Waals surface area contributed by atoms with E-state index in [-0.39, 0.29) is 5.91 Å². The van der Waals surface area contributed by atoms with Crippen molar-refractivity contribution in [2.24, 2.45) is 0 Å². The largest absolute Gasteiger partial charge is 0.335 e. The second-order valence-electron chi connectivity index (χ2n) is 6.24. The van der Waals surface area contributed by atoms with Crippen LogP contribution in [0.5, 0.6) is 0 Å². The third-order valence-electron chi connectivity index (χ3n) is 4.43. The van der Waals surface area contributed by atoms with E-state index in [0.29, 0.717) is 24.6 Å². The summed E-state index contributed by atoms with van der Waals surface area (Å²) in [5, 5.41) is 3.23. The summed E-state index contributed by atoms with van der Waals surface area (Å²) in [7, 11) is 0. The molecule has 3 rings (SSSR count). The Labute approximate surface area is 160 Å². The first-order valence-electron chi connectivity index (χ1n) is 9.21. The predicted molar refractivity (Wildman–Crippen MR) is 108 cm³/mol. The van der Waals surface area contributed by atoms with Crippen molar-refractivity contribution in [1.29, 1.82) is 0 Å². The van der Waals surface area contributed by atoms with Crippen LogP contribution in [0.2, 0.25) is 0 Å². The molecule has 5 heteroatoms.